The lowest BCUT2D eigenvalue weighted by atomic mass is 9.97. The van der Waals surface area contributed by atoms with Crippen LogP contribution in [0.15, 0.2) is 42.6 Å². The number of carboxylic acids is 1. The number of aromatic carboxylic acids is 1. The van der Waals surface area contributed by atoms with E-state index in [0.717, 1.165) is 24.3 Å². The second kappa shape index (κ2) is 5.75. The molecule has 2 heterocycles. The normalized spacial score (nSPS) is 21.1. The topological polar surface area (TPSA) is 53.4 Å². The quantitative estimate of drug-likeness (QED) is 0.945. The molecular formula is C17H17FN2O2. The van der Waals surface area contributed by atoms with E-state index in [-0.39, 0.29) is 11.4 Å². The Morgan fingerprint density at radius 3 is 2.59 bits per heavy atom. The Labute approximate surface area is 128 Å². The van der Waals surface area contributed by atoms with Gasteiger partial charge < -0.3 is 10.0 Å². The molecule has 1 aliphatic heterocycles. The second-order valence-corrected chi connectivity index (χ2v) is 5.70. The van der Waals surface area contributed by atoms with Gasteiger partial charge in [-0.1, -0.05) is 12.1 Å². The summed E-state index contributed by atoms with van der Waals surface area (Å²) in [5.41, 5.74) is 1.31. The van der Waals surface area contributed by atoms with Crippen LogP contribution in [0.4, 0.5) is 10.2 Å². The Balaban J connectivity index is 1.78. The first-order valence-corrected chi connectivity index (χ1v) is 7.26. The van der Waals surface area contributed by atoms with Gasteiger partial charge in [0.25, 0.3) is 0 Å². The molecule has 5 heteroatoms. The zero-order valence-electron chi connectivity index (χ0n) is 12.2. The van der Waals surface area contributed by atoms with Gasteiger partial charge in [-0.3, -0.25) is 0 Å². The number of nitrogens with zero attached hydrogens (tertiary/aromatic N) is 2. The summed E-state index contributed by atoms with van der Waals surface area (Å²) in [6.07, 6.45) is 2.35. The van der Waals surface area contributed by atoms with Gasteiger partial charge in [-0.15, -0.1) is 0 Å². The van der Waals surface area contributed by atoms with Crippen molar-refractivity contribution in [1.82, 2.24) is 4.98 Å². The Morgan fingerprint density at radius 2 is 2.00 bits per heavy atom. The van der Waals surface area contributed by atoms with Gasteiger partial charge in [0, 0.05) is 24.7 Å². The van der Waals surface area contributed by atoms with Crippen molar-refractivity contribution in [1.29, 1.82) is 0 Å². The fraction of sp³-hybridized carbons (Fsp3) is 0.294. The highest BCUT2D eigenvalue weighted by molar-refractivity contribution is 5.87. The maximum Gasteiger partial charge on any atom is 0.337 e. The zero-order valence-corrected chi connectivity index (χ0v) is 12.2. The van der Waals surface area contributed by atoms with Gasteiger partial charge in [-0.25, -0.2) is 14.2 Å². The molecule has 3 rings (SSSR count). The van der Waals surface area contributed by atoms with E-state index in [4.69, 9.17) is 5.11 Å². The van der Waals surface area contributed by atoms with Crippen LogP contribution >= 0.6 is 0 Å². The Morgan fingerprint density at radius 1 is 1.27 bits per heavy atom. The molecule has 0 bridgehead atoms. The molecule has 1 saturated heterocycles. The molecule has 114 valence electrons. The van der Waals surface area contributed by atoms with E-state index >= 15 is 0 Å². The van der Waals surface area contributed by atoms with E-state index in [0.29, 0.717) is 12.0 Å². The molecule has 2 unspecified atom stereocenters. The van der Waals surface area contributed by atoms with Crippen LogP contribution in [0, 0.1) is 5.82 Å². The fourth-order valence-electron chi connectivity index (χ4n) is 3.01. The van der Waals surface area contributed by atoms with Gasteiger partial charge in [0.15, 0.2) is 0 Å². The molecule has 0 saturated carbocycles. The summed E-state index contributed by atoms with van der Waals surface area (Å²) >= 11 is 0. The molecule has 0 spiro atoms. The van der Waals surface area contributed by atoms with Crippen LogP contribution in [-0.2, 0) is 0 Å². The van der Waals surface area contributed by atoms with E-state index in [1.54, 1.807) is 12.1 Å². The second-order valence-electron chi connectivity index (χ2n) is 5.70. The summed E-state index contributed by atoms with van der Waals surface area (Å²) < 4.78 is 13.0. The third-order valence-corrected chi connectivity index (χ3v) is 4.21. The molecule has 1 aromatic carbocycles. The highest BCUT2D eigenvalue weighted by Gasteiger charge is 2.30. The first kappa shape index (κ1) is 14.5. The van der Waals surface area contributed by atoms with Crippen LogP contribution < -0.4 is 4.90 Å². The van der Waals surface area contributed by atoms with Crippen molar-refractivity contribution in [3.8, 4) is 0 Å². The minimum atomic E-state index is -0.974. The lowest BCUT2D eigenvalue weighted by Gasteiger charge is -2.22. The van der Waals surface area contributed by atoms with Crippen molar-refractivity contribution < 1.29 is 14.3 Å². The van der Waals surface area contributed by atoms with E-state index < -0.39 is 5.97 Å². The number of anilines is 1. The van der Waals surface area contributed by atoms with Crippen LogP contribution in [0.3, 0.4) is 0 Å². The number of carboxylic acid groups (broad SMARTS) is 1. The van der Waals surface area contributed by atoms with Crippen LogP contribution in [-0.4, -0.2) is 28.6 Å². The van der Waals surface area contributed by atoms with Crippen LogP contribution in [0.2, 0.25) is 0 Å². The maximum absolute atomic E-state index is 13.0. The molecule has 0 aliphatic carbocycles. The number of benzene rings is 1. The number of halogens is 1. The number of rotatable bonds is 3. The summed E-state index contributed by atoms with van der Waals surface area (Å²) in [4.78, 5) is 17.3. The molecule has 0 amide bonds. The third-order valence-electron chi connectivity index (χ3n) is 4.21. The number of hydrogen-bond donors (Lipinski definition) is 1. The molecule has 2 aromatic rings. The first-order valence-electron chi connectivity index (χ1n) is 7.26. The average molecular weight is 300 g/mol. The van der Waals surface area contributed by atoms with Crippen molar-refractivity contribution in [2.75, 3.05) is 11.4 Å². The van der Waals surface area contributed by atoms with Crippen LogP contribution in [0.5, 0.6) is 0 Å². The molecule has 22 heavy (non-hydrogen) atoms. The molecule has 2 atom stereocenters. The molecule has 4 nitrogen and oxygen atoms in total. The van der Waals surface area contributed by atoms with E-state index in [1.807, 2.05) is 12.1 Å². The zero-order chi connectivity index (χ0) is 15.7. The predicted molar refractivity (Wildman–Crippen MR) is 81.8 cm³/mol. The van der Waals surface area contributed by atoms with E-state index in [9.17, 15) is 9.18 Å². The number of pyridine rings is 1. The smallest absolute Gasteiger partial charge is 0.337 e. The SMILES string of the molecule is CC1CC(c2ccc(F)cc2)CN1c1ccc(C(=O)O)cn1. The minimum Gasteiger partial charge on any atom is -0.478 e. The summed E-state index contributed by atoms with van der Waals surface area (Å²) in [5, 5.41) is 8.92. The largest absolute Gasteiger partial charge is 0.478 e. The molecule has 1 fully saturated rings. The lowest BCUT2D eigenvalue weighted by Crippen LogP contribution is -2.27. The summed E-state index contributed by atoms with van der Waals surface area (Å²) in [5.74, 6) is -0.0889. The fourth-order valence-corrected chi connectivity index (χ4v) is 3.01. The molecule has 1 aliphatic rings. The lowest BCUT2D eigenvalue weighted by molar-refractivity contribution is 0.0696. The Kier molecular flexibility index (Phi) is 3.79. The van der Waals surface area contributed by atoms with Gasteiger partial charge in [-0.05, 0) is 43.2 Å². The third kappa shape index (κ3) is 2.79. The maximum atomic E-state index is 13.0. The van der Waals surface area contributed by atoms with E-state index in [2.05, 4.69) is 16.8 Å². The molecule has 1 aromatic heterocycles. The van der Waals surface area contributed by atoms with Crippen LogP contribution in [0.25, 0.3) is 0 Å². The van der Waals surface area contributed by atoms with Gasteiger partial charge in [0.2, 0.25) is 0 Å². The van der Waals surface area contributed by atoms with Crippen molar-refractivity contribution >= 4 is 11.8 Å². The monoisotopic (exact) mass is 300 g/mol. The van der Waals surface area contributed by atoms with Crippen molar-refractivity contribution in [2.45, 2.75) is 25.3 Å². The van der Waals surface area contributed by atoms with Crippen molar-refractivity contribution in [3.63, 3.8) is 0 Å². The van der Waals surface area contributed by atoms with Crippen molar-refractivity contribution in [2.24, 2.45) is 0 Å². The van der Waals surface area contributed by atoms with Crippen LogP contribution in [0.1, 0.15) is 35.2 Å². The van der Waals surface area contributed by atoms with Gasteiger partial charge in [-0.2, -0.15) is 0 Å². The highest BCUT2D eigenvalue weighted by atomic mass is 19.1. The molecule has 0 radical (unpaired) electrons. The predicted octanol–water partition coefficient (Wildman–Crippen LogP) is 3.30. The highest BCUT2D eigenvalue weighted by Crippen LogP contribution is 2.34. The molecule has 1 N–H and O–H groups in total. The van der Waals surface area contributed by atoms with Crippen molar-refractivity contribution in [3.05, 3.63) is 59.5 Å². The Hall–Kier alpha value is -2.43. The average Bonchev–Trinajstić information content (AvgIpc) is 2.90. The van der Waals surface area contributed by atoms with Gasteiger partial charge >= 0.3 is 5.97 Å². The molecular weight excluding hydrogens is 283 g/mol. The Bertz CT molecular complexity index is 670. The summed E-state index contributed by atoms with van der Waals surface area (Å²) in [6, 6.07) is 10.3. The first-order chi connectivity index (χ1) is 10.5. The van der Waals surface area contributed by atoms with Gasteiger partial charge in [0.1, 0.15) is 11.6 Å². The summed E-state index contributed by atoms with van der Waals surface area (Å²) in [6.45, 7) is 2.92. The standard InChI is InChI=1S/C17H17FN2O2/c1-11-8-14(12-2-5-15(18)6-3-12)10-20(11)16-7-4-13(9-19-16)17(21)22/h2-7,9,11,14H,8,10H2,1H3,(H,21,22). The summed E-state index contributed by atoms with van der Waals surface area (Å²) in [7, 11) is 0. The number of hydrogen-bond acceptors (Lipinski definition) is 3. The van der Waals surface area contributed by atoms with Gasteiger partial charge in [0.05, 0.1) is 5.56 Å². The minimum absolute atomic E-state index is 0.186. The number of aromatic nitrogens is 1. The number of carbonyl (C=O) groups is 1. The van der Waals surface area contributed by atoms with E-state index in [1.165, 1.54) is 18.3 Å².